The van der Waals surface area contributed by atoms with Gasteiger partial charge in [0.2, 0.25) is 5.91 Å². The summed E-state index contributed by atoms with van der Waals surface area (Å²) < 4.78 is 5.22. The van der Waals surface area contributed by atoms with Gasteiger partial charge in [-0.3, -0.25) is 9.59 Å². The van der Waals surface area contributed by atoms with Gasteiger partial charge in [0.05, 0.1) is 6.61 Å². The number of aryl methyl sites for hydroxylation is 1. The normalized spacial score (nSPS) is 18.7. The van der Waals surface area contributed by atoms with Gasteiger partial charge in [-0.1, -0.05) is 19.3 Å². The second-order valence-electron chi connectivity index (χ2n) is 6.74. The zero-order valence-corrected chi connectivity index (χ0v) is 14.5. The Hall–Kier alpha value is -2.37. The summed E-state index contributed by atoms with van der Waals surface area (Å²) in [4.78, 5) is 36.7. The number of carbonyl (C=O) groups is 3. The van der Waals surface area contributed by atoms with E-state index >= 15 is 0 Å². The van der Waals surface area contributed by atoms with Crippen LogP contribution >= 0.6 is 0 Å². The predicted octanol–water partition coefficient (Wildman–Crippen LogP) is 2.57. The lowest BCUT2D eigenvalue weighted by Crippen LogP contribution is -2.56. The highest BCUT2D eigenvalue weighted by Crippen LogP contribution is 2.30. The van der Waals surface area contributed by atoms with Crippen LogP contribution in [0.5, 0.6) is 0 Å². The summed E-state index contributed by atoms with van der Waals surface area (Å²) in [6, 6.07) is 5.23. The second-order valence-corrected chi connectivity index (χ2v) is 6.74. The molecule has 2 aliphatic rings. The molecule has 2 N–H and O–H groups in total. The van der Waals surface area contributed by atoms with Gasteiger partial charge in [-0.2, -0.15) is 0 Å². The highest BCUT2D eigenvalue weighted by atomic mass is 16.5. The van der Waals surface area contributed by atoms with Crippen molar-refractivity contribution in [2.45, 2.75) is 57.4 Å². The average molecular weight is 344 g/mol. The maximum Gasteiger partial charge on any atom is 0.331 e. The summed E-state index contributed by atoms with van der Waals surface area (Å²) in [6.45, 7) is 2.07. The second kappa shape index (κ2) is 7.25. The Labute approximate surface area is 147 Å². The van der Waals surface area contributed by atoms with Crippen molar-refractivity contribution in [3.63, 3.8) is 0 Å². The van der Waals surface area contributed by atoms with E-state index in [0.717, 1.165) is 30.5 Å². The van der Waals surface area contributed by atoms with Gasteiger partial charge >= 0.3 is 5.97 Å². The molecule has 6 heteroatoms. The first-order valence-electron chi connectivity index (χ1n) is 8.96. The van der Waals surface area contributed by atoms with Gasteiger partial charge in [0.15, 0.2) is 0 Å². The molecule has 25 heavy (non-hydrogen) atoms. The monoisotopic (exact) mass is 344 g/mol. The third kappa shape index (κ3) is 3.67. The Kier molecular flexibility index (Phi) is 5.06. The van der Waals surface area contributed by atoms with Crippen molar-refractivity contribution in [2.24, 2.45) is 0 Å². The fourth-order valence-electron chi connectivity index (χ4n) is 3.62. The topological polar surface area (TPSA) is 84.5 Å². The SMILES string of the molecule is CCOC(=O)C1(NC(=O)c2ccc3c(c2)CCC(=O)N3)CCCCC1. The molecule has 0 bridgehead atoms. The molecule has 134 valence electrons. The summed E-state index contributed by atoms with van der Waals surface area (Å²) in [5.41, 5.74) is 1.28. The number of benzene rings is 1. The summed E-state index contributed by atoms with van der Waals surface area (Å²) in [5.74, 6) is -0.615. The Morgan fingerprint density at radius 2 is 1.96 bits per heavy atom. The molecule has 1 aliphatic carbocycles. The first-order chi connectivity index (χ1) is 12.0. The van der Waals surface area contributed by atoms with Crippen LogP contribution in [-0.2, 0) is 20.7 Å². The Bertz CT molecular complexity index is 693. The molecule has 0 aromatic heterocycles. The molecular weight excluding hydrogens is 320 g/mol. The summed E-state index contributed by atoms with van der Waals surface area (Å²) >= 11 is 0. The van der Waals surface area contributed by atoms with Crippen LogP contribution in [0.2, 0.25) is 0 Å². The maximum atomic E-state index is 12.8. The fraction of sp³-hybridized carbons (Fsp3) is 0.526. The van der Waals surface area contributed by atoms with Crippen molar-refractivity contribution in [3.05, 3.63) is 29.3 Å². The van der Waals surface area contributed by atoms with Gasteiger partial charge in [0, 0.05) is 17.7 Å². The Morgan fingerprint density at radius 3 is 2.68 bits per heavy atom. The minimum absolute atomic E-state index is 0.00632. The van der Waals surface area contributed by atoms with Crippen LogP contribution in [-0.4, -0.2) is 29.9 Å². The number of esters is 1. The third-order valence-corrected chi connectivity index (χ3v) is 4.99. The number of carbonyl (C=O) groups excluding carboxylic acids is 3. The first-order valence-corrected chi connectivity index (χ1v) is 8.96. The quantitative estimate of drug-likeness (QED) is 0.822. The molecule has 1 aliphatic heterocycles. The van der Waals surface area contributed by atoms with Crippen molar-refractivity contribution >= 4 is 23.5 Å². The lowest BCUT2D eigenvalue weighted by molar-refractivity contribution is -0.152. The molecule has 1 saturated carbocycles. The fourth-order valence-corrected chi connectivity index (χ4v) is 3.62. The van der Waals surface area contributed by atoms with Crippen molar-refractivity contribution in [3.8, 4) is 0 Å². The molecule has 0 atom stereocenters. The van der Waals surface area contributed by atoms with Crippen LogP contribution in [0.3, 0.4) is 0 Å². The van der Waals surface area contributed by atoms with Crippen LogP contribution in [0.25, 0.3) is 0 Å². The molecule has 1 fully saturated rings. The van der Waals surface area contributed by atoms with Gasteiger partial charge in [-0.05, 0) is 49.9 Å². The van der Waals surface area contributed by atoms with Crippen LogP contribution in [0.4, 0.5) is 5.69 Å². The minimum atomic E-state index is -0.921. The van der Waals surface area contributed by atoms with Crippen LogP contribution in [0.1, 0.15) is 61.4 Å². The number of rotatable bonds is 4. The van der Waals surface area contributed by atoms with Gasteiger partial charge in [0.25, 0.3) is 5.91 Å². The van der Waals surface area contributed by atoms with Crippen LogP contribution < -0.4 is 10.6 Å². The number of hydrogen-bond donors (Lipinski definition) is 2. The van der Waals surface area contributed by atoms with Crippen LogP contribution in [0, 0.1) is 0 Å². The van der Waals surface area contributed by atoms with Gasteiger partial charge in [-0.25, -0.2) is 4.79 Å². The van der Waals surface area contributed by atoms with E-state index in [0.29, 0.717) is 37.9 Å². The molecule has 1 aromatic carbocycles. The van der Waals surface area contributed by atoms with E-state index in [1.165, 1.54) is 0 Å². The molecule has 0 unspecified atom stereocenters. The van der Waals surface area contributed by atoms with Gasteiger partial charge < -0.3 is 15.4 Å². The Morgan fingerprint density at radius 1 is 1.20 bits per heavy atom. The van der Waals surface area contributed by atoms with Crippen molar-refractivity contribution < 1.29 is 19.1 Å². The highest BCUT2D eigenvalue weighted by molar-refractivity contribution is 6.00. The molecule has 0 spiro atoms. The first kappa shape index (κ1) is 17.5. The lowest BCUT2D eigenvalue weighted by atomic mass is 9.81. The number of ether oxygens (including phenoxy) is 1. The lowest BCUT2D eigenvalue weighted by Gasteiger charge is -2.35. The molecule has 6 nitrogen and oxygen atoms in total. The van der Waals surface area contributed by atoms with Crippen molar-refractivity contribution in [1.29, 1.82) is 0 Å². The molecule has 0 radical (unpaired) electrons. The number of nitrogens with one attached hydrogen (secondary N) is 2. The standard InChI is InChI=1S/C19H24N2O4/c1-2-25-18(24)19(10-4-3-5-11-19)21-17(23)14-6-8-15-13(12-14)7-9-16(22)20-15/h6,8,12H,2-5,7,9-11H2,1H3,(H,20,22)(H,21,23). The Balaban J connectivity index is 1.79. The number of amides is 2. The molecule has 0 saturated heterocycles. The zero-order chi connectivity index (χ0) is 17.9. The largest absolute Gasteiger partial charge is 0.464 e. The zero-order valence-electron chi connectivity index (χ0n) is 14.5. The van der Waals surface area contributed by atoms with E-state index < -0.39 is 5.54 Å². The third-order valence-electron chi connectivity index (χ3n) is 4.99. The molecule has 1 aromatic rings. The van der Waals surface area contributed by atoms with E-state index in [4.69, 9.17) is 4.74 Å². The van der Waals surface area contributed by atoms with E-state index in [1.807, 2.05) is 0 Å². The number of hydrogen-bond acceptors (Lipinski definition) is 4. The van der Waals surface area contributed by atoms with E-state index in [9.17, 15) is 14.4 Å². The number of fused-ring (bicyclic) bond motifs is 1. The molecule has 3 rings (SSSR count). The highest BCUT2D eigenvalue weighted by Gasteiger charge is 2.42. The van der Waals surface area contributed by atoms with E-state index in [1.54, 1.807) is 25.1 Å². The molecule has 2 amide bonds. The molecule has 1 heterocycles. The maximum absolute atomic E-state index is 12.8. The van der Waals surface area contributed by atoms with Crippen LogP contribution in [0.15, 0.2) is 18.2 Å². The van der Waals surface area contributed by atoms with E-state index in [2.05, 4.69) is 10.6 Å². The predicted molar refractivity (Wildman–Crippen MR) is 93.3 cm³/mol. The van der Waals surface area contributed by atoms with Gasteiger partial charge in [-0.15, -0.1) is 0 Å². The summed E-state index contributed by atoms with van der Waals surface area (Å²) in [5, 5.41) is 5.75. The smallest absolute Gasteiger partial charge is 0.331 e. The van der Waals surface area contributed by atoms with Crippen molar-refractivity contribution in [2.75, 3.05) is 11.9 Å². The van der Waals surface area contributed by atoms with Gasteiger partial charge in [0.1, 0.15) is 5.54 Å². The minimum Gasteiger partial charge on any atom is -0.464 e. The molecular formula is C19H24N2O4. The number of anilines is 1. The average Bonchev–Trinajstić information content (AvgIpc) is 2.62. The summed E-state index contributed by atoms with van der Waals surface area (Å²) in [7, 11) is 0. The van der Waals surface area contributed by atoms with E-state index in [-0.39, 0.29) is 17.8 Å². The summed E-state index contributed by atoms with van der Waals surface area (Å²) in [6.07, 6.45) is 5.12. The van der Waals surface area contributed by atoms with Crippen molar-refractivity contribution in [1.82, 2.24) is 5.32 Å².